The van der Waals surface area contributed by atoms with E-state index < -0.39 is 0 Å². The third kappa shape index (κ3) is 10.4. The zero-order valence-electron chi connectivity index (χ0n) is 20.7. The molecule has 4 heterocycles. The van der Waals surface area contributed by atoms with Crippen LogP contribution in [0.3, 0.4) is 0 Å². The van der Waals surface area contributed by atoms with Gasteiger partial charge in [0.05, 0.1) is 37.2 Å². The number of aliphatic hydroxyl groups is 1. The molecular weight excluding hydrogens is 603 g/mol. The van der Waals surface area contributed by atoms with Crippen LogP contribution in [0.5, 0.6) is 0 Å². The molecule has 0 bridgehead atoms. The van der Waals surface area contributed by atoms with Gasteiger partial charge in [0.1, 0.15) is 10.3 Å². The van der Waals surface area contributed by atoms with E-state index in [9.17, 15) is 9.90 Å². The Bertz CT molecular complexity index is 1280. The number of aliphatic hydroxyl groups excluding tert-OH is 1. The van der Waals surface area contributed by atoms with Crippen LogP contribution in [-0.2, 0) is 13.1 Å². The van der Waals surface area contributed by atoms with E-state index in [2.05, 4.69) is 26.6 Å². The van der Waals surface area contributed by atoms with Crippen molar-refractivity contribution in [3.63, 3.8) is 0 Å². The zero-order valence-corrected chi connectivity index (χ0v) is 25.2. The molecule has 0 radical (unpaired) electrons. The van der Waals surface area contributed by atoms with Crippen LogP contribution in [0.1, 0.15) is 58.8 Å². The minimum Gasteiger partial charge on any atom is -1.00 e. The predicted octanol–water partition coefficient (Wildman–Crippen LogP) is 1.82. The Labute approximate surface area is 258 Å². The van der Waals surface area contributed by atoms with Gasteiger partial charge in [-0.1, -0.05) is 35.3 Å². The summed E-state index contributed by atoms with van der Waals surface area (Å²) < 4.78 is 3.43. The van der Waals surface area contributed by atoms with Gasteiger partial charge in [0, 0.05) is 41.5 Å². The summed E-state index contributed by atoms with van der Waals surface area (Å²) in [5.41, 5.74) is 3.24. The first-order valence-electron chi connectivity index (χ1n) is 11.7. The number of hydrogen-bond acceptors (Lipinski definition) is 6. The number of aldehydes is 1. The van der Waals surface area contributed by atoms with E-state index in [1.54, 1.807) is 34.2 Å². The van der Waals surface area contributed by atoms with E-state index in [1.165, 1.54) is 19.0 Å². The van der Waals surface area contributed by atoms with Crippen LogP contribution in [0.25, 0.3) is 0 Å². The molecule has 0 amide bonds. The van der Waals surface area contributed by atoms with E-state index in [-0.39, 0.29) is 46.1 Å². The minimum absolute atomic E-state index is 0. The third-order valence-corrected chi connectivity index (χ3v) is 6.16. The standard InChI is InChI=1S/C13H14ClN3O.C10H8ClN3O.C3H5.BrH.Mg/c14-13-10(2-1-5-15-13)7-17-8-11(6-16-17)12(18)9-3-4-9;11-10-9(2-1-3-12-10)6-14-5-8(7-15)4-13-14;1-2-3-1;;/h1-2,5-6,8-9,12,18H,3-4,7H2;1-5,7H,6H2;1H,2-3H2;1H;/q;;-1;;+2/p-1. The summed E-state index contributed by atoms with van der Waals surface area (Å²) in [6, 6.07) is 7.46. The molecule has 6 rings (SSSR count). The molecule has 1 atom stereocenters. The van der Waals surface area contributed by atoms with Crippen molar-refractivity contribution in [1.29, 1.82) is 0 Å². The molecule has 2 aliphatic carbocycles. The molecule has 0 spiro atoms. The predicted molar refractivity (Wildman–Crippen MR) is 144 cm³/mol. The maximum absolute atomic E-state index is 10.4. The number of hydrogen-bond donors (Lipinski definition) is 1. The first kappa shape index (κ1) is 32.4. The summed E-state index contributed by atoms with van der Waals surface area (Å²) in [5, 5.41) is 19.2. The van der Waals surface area contributed by atoms with E-state index in [0.717, 1.165) is 35.8 Å². The molecule has 1 N–H and O–H groups in total. The summed E-state index contributed by atoms with van der Waals surface area (Å²) in [5.74, 6) is 0.421. The van der Waals surface area contributed by atoms with Crippen molar-refractivity contribution in [3.8, 4) is 0 Å². The zero-order chi connectivity index (χ0) is 25.3. The molecule has 2 aliphatic rings. The summed E-state index contributed by atoms with van der Waals surface area (Å²) in [4.78, 5) is 18.4. The van der Waals surface area contributed by atoms with Crippen molar-refractivity contribution in [2.24, 2.45) is 5.92 Å². The van der Waals surface area contributed by atoms with Crippen LogP contribution in [-0.4, -0.2) is 64.0 Å². The summed E-state index contributed by atoms with van der Waals surface area (Å²) in [6.45, 7) is 1.09. The summed E-state index contributed by atoms with van der Waals surface area (Å²) in [6.07, 6.45) is 17.7. The second-order valence-corrected chi connectivity index (χ2v) is 9.33. The quantitative estimate of drug-likeness (QED) is 0.145. The minimum atomic E-state index is -0.372. The number of carbonyl (C=O) groups is 1. The Kier molecular flexibility index (Phi) is 13.9. The monoisotopic (exact) mass is 628 g/mol. The molecule has 12 heteroatoms. The molecule has 0 saturated heterocycles. The Hall–Kier alpha value is -1.82. The first-order chi connectivity index (χ1) is 17.5. The molecular formula is C26H27BrCl2MgN6O2. The van der Waals surface area contributed by atoms with Gasteiger partial charge in [-0.3, -0.25) is 14.2 Å². The van der Waals surface area contributed by atoms with Crippen LogP contribution >= 0.6 is 23.2 Å². The van der Waals surface area contributed by atoms with Gasteiger partial charge in [-0.25, -0.2) is 22.8 Å². The maximum atomic E-state index is 10.4. The van der Waals surface area contributed by atoms with Gasteiger partial charge < -0.3 is 28.5 Å². The van der Waals surface area contributed by atoms with Crippen LogP contribution in [0, 0.1) is 12.3 Å². The SMILES string of the molecule is O=Cc1cnn(Cc2cccnc2Cl)c1.OC(c1cnn(Cc2cccnc2Cl)c1)C1CC1.[Br-].[CH-]1CC1.[Mg+2]. The van der Waals surface area contributed by atoms with Crippen molar-refractivity contribution in [1.82, 2.24) is 29.5 Å². The van der Waals surface area contributed by atoms with Crippen LogP contribution < -0.4 is 17.0 Å². The van der Waals surface area contributed by atoms with Crippen molar-refractivity contribution >= 4 is 52.5 Å². The fraction of sp³-hybridized carbons (Fsp3) is 0.308. The van der Waals surface area contributed by atoms with Gasteiger partial charge in [-0.05, 0) is 30.9 Å². The Morgan fingerprint density at radius 2 is 1.50 bits per heavy atom. The molecule has 0 aliphatic heterocycles. The molecule has 1 unspecified atom stereocenters. The number of carbonyl (C=O) groups excluding carboxylic acids is 1. The second-order valence-electron chi connectivity index (χ2n) is 8.62. The largest absolute Gasteiger partial charge is 2.00 e. The summed E-state index contributed by atoms with van der Waals surface area (Å²) in [7, 11) is 0. The van der Waals surface area contributed by atoms with E-state index >= 15 is 0 Å². The van der Waals surface area contributed by atoms with Crippen molar-refractivity contribution in [3.05, 3.63) is 100 Å². The van der Waals surface area contributed by atoms with Gasteiger partial charge in [0.2, 0.25) is 0 Å². The Balaban J connectivity index is 0.000000232. The van der Waals surface area contributed by atoms with Gasteiger partial charge >= 0.3 is 23.1 Å². The fourth-order valence-corrected chi connectivity index (χ4v) is 3.61. The summed E-state index contributed by atoms with van der Waals surface area (Å²) >= 11 is 11.9. The van der Waals surface area contributed by atoms with Crippen molar-refractivity contribution < 1.29 is 26.9 Å². The van der Waals surface area contributed by atoms with Crippen LogP contribution in [0.2, 0.25) is 10.3 Å². The number of pyridine rings is 2. The van der Waals surface area contributed by atoms with E-state index in [4.69, 9.17) is 23.2 Å². The fourth-order valence-electron chi connectivity index (χ4n) is 3.25. The normalized spacial score (nSPS) is 13.9. The molecule has 2 saturated carbocycles. The smallest absolute Gasteiger partial charge is 1.00 e. The van der Waals surface area contributed by atoms with Crippen molar-refractivity contribution in [2.45, 2.75) is 44.9 Å². The Morgan fingerprint density at radius 1 is 0.974 bits per heavy atom. The second kappa shape index (κ2) is 16.3. The van der Waals surface area contributed by atoms with Gasteiger partial charge in [0.15, 0.2) is 6.29 Å². The number of nitrogens with zero attached hydrogens (tertiary/aromatic N) is 6. The number of aromatic nitrogens is 6. The topological polar surface area (TPSA) is 98.7 Å². The van der Waals surface area contributed by atoms with Crippen LogP contribution in [0.4, 0.5) is 0 Å². The molecule has 2 fully saturated rings. The molecule has 4 aromatic rings. The number of rotatable bonds is 7. The van der Waals surface area contributed by atoms with Gasteiger partial charge in [0.25, 0.3) is 0 Å². The number of halogens is 3. The maximum Gasteiger partial charge on any atom is 2.00 e. The van der Waals surface area contributed by atoms with Gasteiger partial charge in [-0.2, -0.15) is 10.2 Å². The molecule has 4 aromatic heterocycles. The molecule has 38 heavy (non-hydrogen) atoms. The molecule has 0 aromatic carbocycles. The van der Waals surface area contributed by atoms with E-state index in [1.807, 2.05) is 30.5 Å². The average Bonchev–Trinajstić information content (AvgIpc) is 3.84. The van der Waals surface area contributed by atoms with E-state index in [0.29, 0.717) is 34.9 Å². The Morgan fingerprint density at radius 3 is 1.95 bits per heavy atom. The van der Waals surface area contributed by atoms with Gasteiger partial charge in [-0.15, -0.1) is 0 Å². The van der Waals surface area contributed by atoms with Crippen LogP contribution in [0.15, 0.2) is 61.4 Å². The average molecular weight is 631 g/mol. The molecule has 196 valence electrons. The van der Waals surface area contributed by atoms with Crippen molar-refractivity contribution in [2.75, 3.05) is 0 Å². The first-order valence-corrected chi connectivity index (χ1v) is 12.5. The third-order valence-electron chi connectivity index (χ3n) is 5.48. The molecule has 8 nitrogen and oxygen atoms in total.